The number of aryl methyl sites for hydroxylation is 2. The number of nitrogens with zero attached hydrogens (tertiary/aromatic N) is 7. The average molecular weight is 449 g/mol. The monoisotopic (exact) mass is 448 g/mol. The topological polar surface area (TPSA) is 95.8 Å². The standard InChI is InChI=1S/C22H24N8OS/c31-20-19-16-8-4-5-9-17(16)32-21(19)24-18(23-20)14-28-10-12-29(13-11-28)22-25-26-27-30(22)15-6-2-1-3-7-15/h1-3,6-7H,4-5,8-14H2,(H,23,24,31). The number of rotatable bonds is 4. The van der Waals surface area contributed by atoms with Crippen molar-refractivity contribution in [2.45, 2.75) is 32.2 Å². The van der Waals surface area contributed by atoms with Gasteiger partial charge in [0.1, 0.15) is 10.7 Å². The first-order valence-corrected chi connectivity index (χ1v) is 11.9. The van der Waals surface area contributed by atoms with Crippen LogP contribution in [-0.2, 0) is 19.4 Å². The number of tetrazole rings is 1. The molecule has 0 atom stereocenters. The molecule has 1 N–H and O–H groups in total. The quantitative estimate of drug-likeness (QED) is 0.511. The van der Waals surface area contributed by atoms with Gasteiger partial charge in [0.15, 0.2) is 0 Å². The number of H-pyrrole nitrogens is 1. The molecule has 164 valence electrons. The highest BCUT2D eigenvalue weighted by Gasteiger charge is 2.24. The van der Waals surface area contributed by atoms with Crippen LogP contribution in [0.2, 0.25) is 0 Å². The lowest BCUT2D eigenvalue weighted by Crippen LogP contribution is -2.47. The molecule has 0 unspecified atom stereocenters. The predicted octanol–water partition coefficient (Wildman–Crippen LogP) is 2.16. The molecule has 2 aliphatic rings. The highest BCUT2D eigenvalue weighted by molar-refractivity contribution is 7.18. The van der Waals surface area contributed by atoms with Crippen molar-refractivity contribution >= 4 is 27.5 Å². The Kier molecular flexibility index (Phi) is 4.95. The molecule has 1 fully saturated rings. The van der Waals surface area contributed by atoms with Crippen molar-refractivity contribution in [1.82, 2.24) is 35.1 Å². The first kappa shape index (κ1) is 19.6. The van der Waals surface area contributed by atoms with Gasteiger partial charge in [0.2, 0.25) is 5.95 Å². The third kappa shape index (κ3) is 3.49. The molecule has 32 heavy (non-hydrogen) atoms. The van der Waals surface area contributed by atoms with Crippen LogP contribution >= 0.6 is 11.3 Å². The lowest BCUT2D eigenvalue weighted by atomic mass is 9.97. The van der Waals surface area contributed by atoms with Gasteiger partial charge in [0.25, 0.3) is 5.56 Å². The van der Waals surface area contributed by atoms with Crippen LogP contribution in [0.15, 0.2) is 35.1 Å². The molecular formula is C22H24N8OS. The zero-order valence-electron chi connectivity index (χ0n) is 17.7. The minimum absolute atomic E-state index is 0.0186. The van der Waals surface area contributed by atoms with Gasteiger partial charge in [-0.3, -0.25) is 9.69 Å². The molecule has 6 rings (SSSR count). The second-order valence-corrected chi connectivity index (χ2v) is 9.48. The third-order valence-electron chi connectivity index (χ3n) is 6.36. The van der Waals surface area contributed by atoms with Crippen molar-refractivity contribution in [2.75, 3.05) is 31.1 Å². The van der Waals surface area contributed by atoms with Crippen molar-refractivity contribution in [3.63, 3.8) is 0 Å². The Balaban J connectivity index is 1.17. The van der Waals surface area contributed by atoms with Crippen LogP contribution in [0.1, 0.15) is 29.1 Å². The molecule has 10 heteroatoms. The Morgan fingerprint density at radius 2 is 1.84 bits per heavy atom. The molecule has 0 bridgehead atoms. The van der Waals surface area contributed by atoms with E-state index in [1.54, 1.807) is 16.0 Å². The number of aromatic nitrogens is 6. The Bertz CT molecular complexity index is 1300. The van der Waals surface area contributed by atoms with Crippen molar-refractivity contribution in [2.24, 2.45) is 0 Å². The highest BCUT2D eigenvalue weighted by atomic mass is 32.1. The van der Waals surface area contributed by atoms with Crippen LogP contribution in [0.4, 0.5) is 5.95 Å². The second kappa shape index (κ2) is 8.10. The fraction of sp³-hybridized carbons (Fsp3) is 0.409. The van der Waals surface area contributed by atoms with E-state index in [4.69, 9.17) is 4.98 Å². The minimum atomic E-state index is 0.0186. The normalized spacial score (nSPS) is 17.1. The van der Waals surface area contributed by atoms with Gasteiger partial charge in [-0.2, -0.15) is 4.68 Å². The van der Waals surface area contributed by atoms with Crippen molar-refractivity contribution in [3.8, 4) is 5.69 Å². The molecule has 1 saturated heterocycles. The van der Waals surface area contributed by atoms with Crippen LogP contribution in [0.5, 0.6) is 0 Å². The number of fused-ring (bicyclic) bond motifs is 3. The van der Waals surface area contributed by atoms with Gasteiger partial charge in [0, 0.05) is 31.1 Å². The molecule has 0 radical (unpaired) electrons. The summed E-state index contributed by atoms with van der Waals surface area (Å²) in [7, 11) is 0. The molecular weight excluding hydrogens is 424 g/mol. The van der Waals surface area contributed by atoms with Gasteiger partial charge in [-0.1, -0.05) is 23.3 Å². The number of aromatic amines is 1. The van der Waals surface area contributed by atoms with Crippen LogP contribution in [0.25, 0.3) is 15.9 Å². The highest BCUT2D eigenvalue weighted by Crippen LogP contribution is 2.33. The number of nitrogens with one attached hydrogen (secondary N) is 1. The smallest absolute Gasteiger partial charge is 0.259 e. The molecule has 1 aliphatic heterocycles. The maximum absolute atomic E-state index is 12.8. The lowest BCUT2D eigenvalue weighted by molar-refractivity contribution is 0.242. The molecule has 0 saturated carbocycles. The van der Waals surface area contributed by atoms with Gasteiger partial charge in [0.05, 0.1) is 17.6 Å². The SMILES string of the molecule is O=c1[nH]c(CN2CCN(c3nnnn3-c3ccccc3)CC2)nc2sc3c(c12)CCCC3. The maximum Gasteiger partial charge on any atom is 0.259 e. The number of hydrogen-bond acceptors (Lipinski definition) is 8. The van der Waals surface area contributed by atoms with Crippen molar-refractivity contribution in [3.05, 3.63) is 57.0 Å². The summed E-state index contributed by atoms with van der Waals surface area (Å²) < 4.78 is 1.78. The third-order valence-corrected chi connectivity index (χ3v) is 7.54. The Hall–Kier alpha value is -3.11. The lowest BCUT2D eigenvalue weighted by Gasteiger charge is -2.34. The summed E-state index contributed by atoms with van der Waals surface area (Å²) in [5, 5.41) is 13.1. The molecule has 1 aliphatic carbocycles. The molecule has 3 aromatic heterocycles. The van der Waals surface area contributed by atoms with E-state index in [-0.39, 0.29) is 5.56 Å². The van der Waals surface area contributed by atoms with Gasteiger partial charge in [-0.15, -0.1) is 11.3 Å². The largest absolute Gasteiger partial charge is 0.337 e. The molecule has 1 aromatic carbocycles. The number of piperazine rings is 1. The van der Waals surface area contributed by atoms with Gasteiger partial charge >= 0.3 is 0 Å². The zero-order valence-corrected chi connectivity index (χ0v) is 18.5. The Morgan fingerprint density at radius 3 is 2.69 bits per heavy atom. The van der Waals surface area contributed by atoms with Crippen LogP contribution in [0, 0.1) is 0 Å². The summed E-state index contributed by atoms with van der Waals surface area (Å²) in [6.45, 7) is 3.97. The summed E-state index contributed by atoms with van der Waals surface area (Å²) in [5.41, 5.74) is 2.20. The van der Waals surface area contributed by atoms with Gasteiger partial charge in [-0.05, 0) is 53.8 Å². The number of thiophene rings is 1. The molecule has 9 nitrogen and oxygen atoms in total. The van der Waals surface area contributed by atoms with Crippen LogP contribution in [0.3, 0.4) is 0 Å². The zero-order chi connectivity index (χ0) is 21.5. The second-order valence-electron chi connectivity index (χ2n) is 8.39. The van der Waals surface area contributed by atoms with Crippen LogP contribution < -0.4 is 10.5 Å². The van der Waals surface area contributed by atoms with E-state index >= 15 is 0 Å². The van der Waals surface area contributed by atoms with Gasteiger partial charge < -0.3 is 9.88 Å². The minimum Gasteiger partial charge on any atom is -0.337 e. The number of benzene rings is 1. The number of anilines is 1. The average Bonchev–Trinajstić information content (AvgIpc) is 3.45. The maximum atomic E-state index is 12.8. The molecule has 0 spiro atoms. The number of para-hydroxylation sites is 1. The van der Waals surface area contributed by atoms with E-state index in [0.29, 0.717) is 6.54 Å². The summed E-state index contributed by atoms with van der Waals surface area (Å²) in [6, 6.07) is 9.93. The first-order valence-electron chi connectivity index (χ1n) is 11.1. The summed E-state index contributed by atoms with van der Waals surface area (Å²) >= 11 is 1.71. The van der Waals surface area contributed by atoms with E-state index in [2.05, 4.69) is 30.3 Å². The Labute approximate surface area is 188 Å². The molecule has 4 heterocycles. The van der Waals surface area contributed by atoms with E-state index in [9.17, 15) is 4.79 Å². The Morgan fingerprint density at radius 1 is 1.03 bits per heavy atom. The number of hydrogen-bond donors (Lipinski definition) is 1. The van der Waals surface area contributed by atoms with Crippen LogP contribution in [-0.4, -0.2) is 61.3 Å². The van der Waals surface area contributed by atoms with Crippen molar-refractivity contribution < 1.29 is 0 Å². The fourth-order valence-electron chi connectivity index (χ4n) is 4.72. The molecule has 0 amide bonds. The summed E-state index contributed by atoms with van der Waals surface area (Å²) in [6.07, 6.45) is 4.46. The van der Waals surface area contributed by atoms with E-state index < -0.39 is 0 Å². The van der Waals surface area contributed by atoms with Crippen molar-refractivity contribution in [1.29, 1.82) is 0 Å². The van der Waals surface area contributed by atoms with E-state index in [1.807, 2.05) is 30.3 Å². The summed E-state index contributed by atoms with van der Waals surface area (Å²) in [5.74, 6) is 1.51. The molecule has 4 aromatic rings. The first-order chi connectivity index (χ1) is 15.8. The van der Waals surface area contributed by atoms with E-state index in [1.165, 1.54) is 16.9 Å². The predicted molar refractivity (Wildman–Crippen MR) is 124 cm³/mol. The van der Waals surface area contributed by atoms with Gasteiger partial charge in [-0.25, -0.2) is 4.98 Å². The van der Waals surface area contributed by atoms with E-state index in [0.717, 1.165) is 73.1 Å². The fourth-order valence-corrected chi connectivity index (χ4v) is 6.00. The summed E-state index contributed by atoms with van der Waals surface area (Å²) in [4.78, 5) is 27.5.